The first-order valence-corrected chi connectivity index (χ1v) is 11.5. The van der Waals surface area contributed by atoms with Gasteiger partial charge in [0.05, 0.1) is 18.8 Å². The van der Waals surface area contributed by atoms with E-state index >= 15 is 0 Å². The van der Waals surface area contributed by atoms with E-state index in [0.29, 0.717) is 17.5 Å². The second-order valence-corrected chi connectivity index (χ2v) is 8.25. The van der Waals surface area contributed by atoms with Gasteiger partial charge in [0.15, 0.2) is 0 Å². The fourth-order valence-electron chi connectivity index (χ4n) is 3.15. The van der Waals surface area contributed by atoms with E-state index < -0.39 is 23.7 Å². The topological polar surface area (TPSA) is 81.7 Å². The lowest BCUT2D eigenvalue weighted by molar-refractivity contribution is -0.111. The van der Waals surface area contributed by atoms with Crippen molar-refractivity contribution in [2.24, 2.45) is 0 Å². The van der Waals surface area contributed by atoms with Crippen LogP contribution in [0.3, 0.4) is 0 Å². The molecule has 0 radical (unpaired) electrons. The average Bonchev–Trinajstić information content (AvgIpc) is 3.14. The average molecular weight is 482 g/mol. The number of hydrogen-bond donors (Lipinski definition) is 1. The Morgan fingerprint density at radius 2 is 1.79 bits per heavy atom. The molecule has 0 unspecified atom stereocenters. The molecule has 0 aliphatic rings. The Morgan fingerprint density at radius 3 is 2.50 bits per heavy atom. The Bertz CT molecular complexity index is 1200. The minimum Gasteiger partial charge on any atom is -0.462 e. The third-order valence-electron chi connectivity index (χ3n) is 4.79. The summed E-state index contributed by atoms with van der Waals surface area (Å²) in [5, 5.41) is 2.80. The predicted molar refractivity (Wildman–Crippen MR) is 130 cm³/mol. The Hall–Kier alpha value is -3.78. The zero-order chi connectivity index (χ0) is 24.5. The van der Waals surface area contributed by atoms with Gasteiger partial charge in [-0.2, -0.15) is 0 Å². The van der Waals surface area contributed by atoms with Crippen molar-refractivity contribution in [3.63, 3.8) is 0 Å². The SMILES string of the molecule is CCOC(=O)c1c(NC(=O)/C=C/c2cccc(F)c2)sc(C(=O)OCCc2ccccc2)c1C. The maximum Gasteiger partial charge on any atom is 0.348 e. The van der Waals surface area contributed by atoms with Gasteiger partial charge in [0.1, 0.15) is 15.7 Å². The van der Waals surface area contributed by atoms with Gasteiger partial charge in [0.2, 0.25) is 5.91 Å². The number of thiophene rings is 1. The number of rotatable bonds is 9. The van der Waals surface area contributed by atoms with E-state index in [1.165, 1.54) is 30.4 Å². The molecule has 8 heteroatoms. The zero-order valence-corrected chi connectivity index (χ0v) is 19.6. The third kappa shape index (κ3) is 6.62. The molecule has 0 saturated carbocycles. The number of halogens is 1. The van der Waals surface area contributed by atoms with Gasteiger partial charge in [-0.1, -0.05) is 42.5 Å². The second kappa shape index (κ2) is 11.9. The van der Waals surface area contributed by atoms with Gasteiger partial charge in [-0.3, -0.25) is 4.79 Å². The molecule has 0 saturated heterocycles. The highest BCUT2D eigenvalue weighted by atomic mass is 32.1. The van der Waals surface area contributed by atoms with E-state index in [-0.39, 0.29) is 28.7 Å². The van der Waals surface area contributed by atoms with Crippen LogP contribution in [-0.2, 0) is 20.7 Å². The van der Waals surface area contributed by atoms with Crippen LogP contribution < -0.4 is 5.32 Å². The Balaban J connectivity index is 1.76. The van der Waals surface area contributed by atoms with E-state index in [0.717, 1.165) is 16.9 Å². The van der Waals surface area contributed by atoms with Crippen LogP contribution in [0.25, 0.3) is 6.08 Å². The molecular formula is C26H24FNO5S. The molecule has 6 nitrogen and oxygen atoms in total. The molecule has 0 fully saturated rings. The smallest absolute Gasteiger partial charge is 0.348 e. The lowest BCUT2D eigenvalue weighted by Gasteiger charge is -2.06. The summed E-state index contributed by atoms with van der Waals surface area (Å²) in [7, 11) is 0. The van der Waals surface area contributed by atoms with Crippen molar-refractivity contribution < 1.29 is 28.2 Å². The summed E-state index contributed by atoms with van der Waals surface area (Å²) in [5.74, 6) is -2.19. The molecule has 1 aromatic heterocycles. The molecule has 0 spiro atoms. The molecule has 3 aromatic rings. The fourth-order valence-corrected chi connectivity index (χ4v) is 4.24. The monoisotopic (exact) mass is 481 g/mol. The van der Waals surface area contributed by atoms with E-state index in [2.05, 4.69) is 5.32 Å². The zero-order valence-electron chi connectivity index (χ0n) is 18.8. The van der Waals surface area contributed by atoms with Crippen molar-refractivity contribution in [2.45, 2.75) is 20.3 Å². The first kappa shape index (κ1) is 24.9. The van der Waals surface area contributed by atoms with E-state index in [1.807, 2.05) is 30.3 Å². The van der Waals surface area contributed by atoms with Crippen molar-refractivity contribution in [2.75, 3.05) is 18.5 Å². The van der Waals surface area contributed by atoms with Crippen LogP contribution in [0, 0.1) is 12.7 Å². The maximum absolute atomic E-state index is 13.3. The minimum atomic E-state index is -0.649. The highest BCUT2D eigenvalue weighted by molar-refractivity contribution is 7.18. The molecule has 0 bridgehead atoms. The summed E-state index contributed by atoms with van der Waals surface area (Å²) >= 11 is 0.946. The summed E-state index contributed by atoms with van der Waals surface area (Å²) < 4.78 is 23.8. The molecule has 1 N–H and O–H groups in total. The van der Waals surface area contributed by atoms with Crippen molar-refractivity contribution in [3.8, 4) is 0 Å². The van der Waals surface area contributed by atoms with Crippen molar-refractivity contribution >= 4 is 40.3 Å². The number of ether oxygens (including phenoxy) is 2. The molecule has 0 aliphatic carbocycles. The number of anilines is 1. The van der Waals surface area contributed by atoms with Crippen LogP contribution in [0.5, 0.6) is 0 Å². The summed E-state index contributed by atoms with van der Waals surface area (Å²) in [6.07, 6.45) is 3.22. The number of amides is 1. The molecule has 3 rings (SSSR count). The third-order valence-corrected chi connectivity index (χ3v) is 5.98. The number of carbonyl (C=O) groups excluding carboxylic acids is 3. The number of carbonyl (C=O) groups is 3. The lowest BCUT2D eigenvalue weighted by atomic mass is 10.1. The minimum absolute atomic E-state index is 0.106. The van der Waals surface area contributed by atoms with Crippen LogP contribution in [0.2, 0.25) is 0 Å². The van der Waals surface area contributed by atoms with E-state index in [4.69, 9.17) is 9.47 Å². The van der Waals surface area contributed by atoms with Crippen molar-refractivity contribution in [1.29, 1.82) is 0 Å². The van der Waals surface area contributed by atoms with Crippen LogP contribution in [0.15, 0.2) is 60.7 Å². The standard InChI is InChI=1S/C26H24FNO5S/c1-3-32-25(30)22-17(2)23(26(31)33-15-14-18-8-5-4-6-9-18)34-24(22)28-21(29)13-12-19-10-7-11-20(27)16-19/h4-13,16H,3,14-15H2,1-2H3,(H,28,29)/b13-12+. The fraction of sp³-hybridized carbons (Fsp3) is 0.192. The Morgan fingerprint density at radius 1 is 1.03 bits per heavy atom. The summed E-state index contributed by atoms with van der Waals surface area (Å²) in [6, 6.07) is 15.4. The molecule has 2 aromatic carbocycles. The van der Waals surface area contributed by atoms with Gasteiger partial charge in [-0.15, -0.1) is 11.3 Å². The summed E-state index contributed by atoms with van der Waals surface area (Å²) in [6.45, 7) is 3.58. The van der Waals surface area contributed by atoms with E-state index in [1.54, 1.807) is 19.9 Å². The quantitative estimate of drug-likeness (QED) is 0.326. The van der Waals surface area contributed by atoms with Crippen LogP contribution in [0.4, 0.5) is 9.39 Å². The normalized spacial score (nSPS) is 10.8. The number of hydrogen-bond acceptors (Lipinski definition) is 6. The van der Waals surface area contributed by atoms with Crippen LogP contribution >= 0.6 is 11.3 Å². The van der Waals surface area contributed by atoms with Gasteiger partial charge in [-0.05, 0) is 48.7 Å². The summed E-state index contributed by atoms with van der Waals surface area (Å²) in [4.78, 5) is 37.9. The number of nitrogens with one attached hydrogen (secondary N) is 1. The first-order chi connectivity index (χ1) is 16.4. The van der Waals surface area contributed by atoms with Crippen molar-refractivity contribution in [3.05, 3.63) is 93.6 Å². The number of esters is 2. The molecule has 176 valence electrons. The second-order valence-electron chi connectivity index (χ2n) is 7.23. The lowest BCUT2D eigenvalue weighted by Crippen LogP contribution is -2.13. The predicted octanol–water partition coefficient (Wildman–Crippen LogP) is 5.42. The van der Waals surface area contributed by atoms with E-state index in [9.17, 15) is 18.8 Å². The highest BCUT2D eigenvalue weighted by Crippen LogP contribution is 2.34. The number of benzene rings is 2. The van der Waals surface area contributed by atoms with Gasteiger partial charge in [-0.25, -0.2) is 14.0 Å². The van der Waals surface area contributed by atoms with Crippen LogP contribution in [-0.4, -0.2) is 31.1 Å². The molecule has 0 atom stereocenters. The molecular weight excluding hydrogens is 457 g/mol. The van der Waals surface area contributed by atoms with Gasteiger partial charge < -0.3 is 14.8 Å². The van der Waals surface area contributed by atoms with Gasteiger partial charge in [0.25, 0.3) is 0 Å². The largest absolute Gasteiger partial charge is 0.462 e. The Kier molecular flexibility index (Phi) is 8.70. The van der Waals surface area contributed by atoms with Crippen LogP contribution in [0.1, 0.15) is 43.6 Å². The molecule has 34 heavy (non-hydrogen) atoms. The van der Waals surface area contributed by atoms with Gasteiger partial charge >= 0.3 is 11.9 Å². The van der Waals surface area contributed by atoms with Gasteiger partial charge in [0, 0.05) is 12.5 Å². The highest BCUT2D eigenvalue weighted by Gasteiger charge is 2.27. The molecule has 1 amide bonds. The molecule has 1 heterocycles. The molecule has 0 aliphatic heterocycles. The first-order valence-electron chi connectivity index (χ1n) is 10.6. The maximum atomic E-state index is 13.3. The summed E-state index contributed by atoms with van der Waals surface area (Å²) in [5.41, 5.74) is 2.01. The Labute approximate surface area is 201 Å². The van der Waals surface area contributed by atoms with Crippen molar-refractivity contribution in [1.82, 2.24) is 0 Å².